The van der Waals surface area contributed by atoms with Crippen LogP contribution in [0.5, 0.6) is 0 Å². The first-order valence-electron chi connectivity index (χ1n) is 5.62. The van der Waals surface area contributed by atoms with Gasteiger partial charge in [-0.3, -0.25) is 14.9 Å². The predicted molar refractivity (Wildman–Crippen MR) is 69.9 cm³/mol. The summed E-state index contributed by atoms with van der Waals surface area (Å²) in [5, 5.41) is 22.0. The third-order valence-corrected chi connectivity index (χ3v) is 2.88. The van der Waals surface area contributed by atoms with E-state index in [1.54, 1.807) is 0 Å². The fourth-order valence-electron chi connectivity index (χ4n) is 1.55. The zero-order valence-corrected chi connectivity index (χ0v) is 11.0. The highest BCUT2D eigenvalue weighted by Crippen LogP contribution is 2.28. The molecule has 1 unspecified atom stereocenters. The lowest BCUT2D eigenvalue weighted by molar-refractivity contribution is -0.385. The van der Waals surface area contributed by atoms with Gasteiger partial charge in [0.25, 0.3) is 5.91 Å². The van der Waals surface area contributed by atoms with E-state index < -0.39 is 16.5 Å². The van der Waals surface area contributed by atoms with Gasteiger partial charge in [-0.15, -0.1) is 0 Å². The number of amides is 1. The van der Waals surface area contributed by atoms with Gasteiger partial charge < -0.3 is 5.32 Å². The number of para-hydroxylation sites is 1. The predicted octanol–water partition coefficient (Wildman–Crippen LogP) is 2.67. The number of nitrogens with zero attached hydrogens (tertiary/aromatic N) is 2. The summed E-state index contributed by atoms with van der Waals surface area (Å²) in [6, 6.07) is 5.76. The van der Waals surface area contributed by atoms with E-state index in [-0.39, 0.29) is 23.0 Å². The molecule has 0 radical (unpaired) electrons. The Bertz CT molecular complexity index is 540. The van der Waals surface area contributed by atoms with Crippen LogP contribution in [0.25, 0.3) is 0 Å². The third-order valence-electron chi connectivity index (χ3n) is 2.58. The Labute approximate surface area is 115 Å². The third kappa shape index (κ3) is 3.66. The van der Waals surface area contributed by atoms with Crippen LogP contribution in [0.4, 0.5) is 5.69 Å². The summed E-state index contributed by atoms with van der Waals surface area (Å²) in [5.74, 6) is -0.601. The average molecular weight is 282 g/mol. The first kappa shape index (κ1) is 14.9. The molecule has 7 heteroatoms. The molecule has 1 aromatic rings. The molecular formula is C12H12ClN3O3. The van der Waals surface area contributed by atoms with E-state index in [4.69, 9.17) is 16.9 Å². The minimum Gasteiger partial charge on any atom is -0.348 e. The second kappa shape index (κ2) is 6.71. The maximum absolute atomic E-state index is 12.0. The molecule has 0 aromatic heterocycles. The van der Waals surface area contributed by atoms with Crippen LogP contribution in [0.3, 0.4) is 0 Å². The van der Waals surface area contributed by atoms with Gasteiger partial charge in [0.15, 0.2) is 0 Å². The van der Waals surface area contributed by atoms with Gasteiger partial charge in [0.05, 0.1) is 17.4 Å². The highest BCUT2D eigenvalue weighted by Gasteiger charge is 2.24. The molecule has 0 aliphatic rings. The van der Waals surface area contributed by atoms with Crippen LogP contribution in [0.2, 0.25) is 5.02 Å². The summed E-state index contributed by atoms with van der Waals surface area (Å²) < 4.78 is 0. The van der Waals surface area contributed by atoms with Gasteiger partial charge in [-0.2, -0.15) is 5.26 Å². The van der Waals surface area contributed by atoms with Crippen molar-refractivity contribution in [3.8, 4) is 6.07 Å². The molecule has 19 heavy (non-hydrogen) atoms. The Morgan fingerprint density at radius 2 is 2.32 bits per heavy atom. The molecule has 6 nitrogen and oxygen atoms in total. The largest absolute Gasteiger partial charge is 0.348 e. The van der Waals surface area contributed by atoms with E-state index in [1.165, 1.54) is 18.2 Å². The van der Waals surface area contributed by atoms with Crippen molar-refractivity contribution in [3.63, 3.8) is 0 Å². The summed E-state index contributed by atoms with van der Waals surface area (Å²) in [7, 11) is 0. The summed E-state index contributed by atoms with van der Waals surface area (Å²) in [6.45, 7) is 1.81. The average Bonchev–Trinajstić information content (AvgIpc) is 2.37. The van der Waals surface area contributed by atoms with Crippen molar-refractivity contribution in [2.75, 3.05) is 0 Å². The number of rotatable bonds is 5. The fraction of sp³-hybridized carbons (Fsp3) is 0.333. The maximum atomic E-state index is 12.0. The van der Waals surface area contributed by atoms with Crippen molar-refractivity contribution in [2.24, 2.45) is 0 Å². The number of halogens is 1. The highest BCUT2D eigenvalue weighted by atomic mass is 35.5. The number of carbonyl (C=O) groups is 1. The van der Waals surface area contributed by atoms with Gasteiger partial charge in [0.2, 0.25) is 0 Å². The SMILES string of the molecule is CCC(CC#N)NC(=O)c1cccc(Cl)c1[N+](=O)[O-]. The number of benzene rings is 1. The van der Waals surface area contributed by atoms with Crippen LogP contribution in [0, 0.1) is 21.4 Å². The first-order valence-corrected chi connectivity index (χ1v) is 5.99. The van der Waals surface area contributed by atoms with Crippen molar-refractivity contribution >= 4 is 23.2 Å². The molecule has 0 spiro atoms. The van der Waals surface area contributed by atoms with Crippen LogP contribution < -0.4 is 5.32 Å². The van der Waals surface area contributed by atoms with Crippen molar-refractivity contribution in [1.29, 1.82) is 5.26 Å². The van der Waals surface area contributed by atoms with E-state index in [1.807, 2.05) is 13.0 Å². The van der Waals surface area contributed by atoms with Gasteiger partial charge in [0.1, 0.15) is 10.6 Å². The molecule has 100 valence electrons. The number of hydrogen-bond donors (Lipinski definition) is 1. The summed E-state index contributed by atoms with van der Waals surface area (Å²) >= 11 is 5.73. The number of carbonyl (C=O) groups excluding carboxylic acids is 1. The molecule has 0 saturated heterocycles. The molecule has 0 bridgehead atoms. The van der Waals surface area contributed by atoms with Gasteiger partial charge in [-0.25, -0.2) is 0 Å². The molecule has 0 saturated carbocycles. The lowest BCUT2D eigenvalue weighted by Gasteiger charge is -2.13. The Kier molecular flexibility index (Phi) is 5.27. The minimum absolute atomic E-state index is 0.0917. The lowest BCUT2D eigenvalue weighted by atomic mass is 10.1. The van der Waals surface area contributed by atoms with E-state index in [9.17, 15) is 14.9 Å². The highest BCUT2D eigenvalue weighted by molar-refractivity contribution is 6.33. The number of nitriles is 1. The number of nitro benzene ring substituents is 1. The number of hydrogen-bond acceptors (Lipinski definition) is 4. The van der Waals surface area contributed by atoms with Crippen LogP contribution in [-0.4, -0.2) is 16.9 Å². The molecule has 1 atom stereocenters. The molecule has 1 amide bonds. The van der Waals surface area contributed by atoms with Gasteiger partial charge in [0, 0.05) is 6.04 Å². The zero-order chi connectivity index (χ0) is 14.4. The van der Waals surface area contributed by atoms with Crippen molar-refractivity contribution in [3.05, 3.63) is 38.9 Å². The normalized spacial score (nSPS) is 11.4. The standard InChI is InChI=1S/C12H12ClN3O3/c1-2-8(6-7-14)15-12(17)9-4-3-5-10(13)11(9)16(18)19/h3-5,8H,2,6H2,1H3,(H,15,17). The van der Waals surface area contributed by atoms with E-state index >= 15 is 0 Å². The van der Waals surface area contributed by atoms with Crippen LogP contribution in [-0.2, 0) is 0 Å². The van der Waals surface area contributed by atoms with E-state index in [0.717, 1.165) is 0 Å². The molecule has 0 fully saturated rings. The molecule has 1 rings (SSSR count). The first-order chi connectivity index (χ1) is 9.01. The van der Waals surface area contributed by atoms with E-state index in [0.29, 0.717) is 6.42 Å². The quantitative estimate of drug-likeness (QED) is 0.663. The van der Waals surface area contributed by atoms with Crippen LogP contribution in [0.15, 0.2) is 18.2 Å². The Balaban J connectivity index is 3.04. The summed E-state index contributed by atoms with van der Waals surface area (Å²) in [6.07, 6.45) is 0.713. The maximum Gasteiger partial charge on any atom is 0.300 e. The second-order valence-corrected chi connectivity index (χ2v) is 4.24. The molecule has 0 aliphatic heterocycles. The monoisotopic (exact) mass is 281 g/mol. The smallest absolute Gasteiger partial charge is 0.300 e. The van der Waals surface area contributed by atoms with Crippen molar-refractivity contribution in [2.45, 2.75) is 25.8 Å². The van der Waals surface area contributed by atoms with E-state index in [2.05, 4.69) is 5.32 Å². The van der Waals surface area contributed by atoms with Gasteiger partial charge in [-0.05, 0) is 18.6 Å². The summed E-state index contributed by atoms with van der Waals surface area (Å²) in [4.78, 5) is 22.2. The zero-order valence-electron chi connectivity index (χ0n) is 10.2. The Morgan fingerprint density at radius 1 is 1.63 bits per heavy atom. The molecule has 0 heterocycles. The summed E-state index contributed by atoms with van der Waals surface area (Å²) in [5.41, 5.74) is -0.526. The number of nitro groups is 1. The van der Waals surface area contributed by atoms with Crippen LogP contribution in [0.1, 0.15) is 30.1 Å². The molecule has 1 aromatic carbocycles. The van der Waals surface area contributed by atoms with Crippen LogP contribution >= 0.6 is 11.6 Å². The molecule has 0 aliphatic carbocycles. The fourth-order valence-corrected chi connectivity index (χ4v) is 1.80. The molecule has 1 N–H and O–H groups in total. The minimum atomic E-state index is -0.692. The Hall–Kier alpha value is -2.13. The van der Waals surface area contributed by atoms with Gasteiger partial charge >= 0.3 is 5.69 Å². The second-order valence-electron chi connectivity index (χ2n) is 3.83. The van der Waals surface area contributed by atoms with Crippen molar-refractivity contribution in [1.82, 2.24) is 5.32 Å². The van der Waals surface area contributed by atoms with Gasteiger partial charge in [-0.1, -0.05) is 24.6 Å². The topological polar surface area (TPSA) is 96.0 Å². The number of nitrogens with one attached hydrogen (secondary N) is 1. The lowest BCUT2D eigenvalue weighted by Crippen LogP contribution is -2.34. The van der Waals surface area contributed by atoms with Crippen molar-refractivity contribution < 1.29 is 9.72 Å². The Morgan fingerprint density at radius 3 is 2.84 bits per heavy atom. The molecular weight excluding hydrogens is 270 g/mol.